The van der Waals surface area contributed by atoms with Gasteiger partial charge in [0.1, 0.15) is 5.82 Å². The van der Waals surface area contributed by atoms with Gasteiger partial charge in [0, 0.05) is 58.8 Å². The highest BCUT2D eigenvalue weighted by atomic mass is 15.1. The van der Waals surface area contributed by atoms with E-state index < -0.39 is 0 Å². The molecule has 0 amide bonds. The normalized spacial score (nSPS) is 11.5. The molecule has 0 aliphatic carbocycles. The van der Waals surface area contributed by atoms with Crippen molar-refractivity contribution in [2.45, 2.75) is 0 Å². The molecule has 0 bridgehead atoms. The summed E-state index contributed by atoms with van der Waals surface area (Å²) in [7, 11) is 2.09. The first-order valence-corrected chi connectivity index (χ1v) is 13.7. The monoisotopic (exact) mass is 527 g/mol. The van der Waals surface area contributed by atoms with Gasteiger partial charge in [-0.05, 0) is 66.2 Å². The van der Waals surface area contributed by atoms with Crippen LogP contribution in [0, 0.1) is 0 Å². The Labute approximate surface area is 237 Å². The Morgan fingerprint density at radius 3 is 2.24 bits per heavy atom. The van der Waals surface area contributed by atoms with E-state index in [2.05, 4.69) is 117 Å². The van der Waals surface area contributed by atoms with Crippen LogP contribution in [-0.4, -0.2) is 24.1 Å². The zero-order chi connectivity index (χ0) is 27.3. The van der Waals surface area contributed by atoms with Gasteiger partial charge in [-0.2, -0.15) is 0 Å². The number of rotatable bonds is 4. The van der Waals surface area contributed by atoms with Crippen LogP contribution in [-0.2, 0) is 7.05 Å². The molecule has 4 heterocycles. The summed E-state index contributed by atoms with van der Waals surface area (Å²) >= 11 is 0. The fraction of sp³-hybridized carbons (Fsp3) is 0.0278. The number of nitrogens with zero attached hydrogens (tertiary/aromatic N) is 5. The topological polar surface area (TPSA) is 48.5 Å². The van der Waals surface area contributed by atoms with Crippen molar-refractivity contribution < 1.29 is 0 Å². The van der Waals surface area contributed by atoms with Crippen LogP contribution in [0.15, 0.2) is 134 Å². The Morgan fingerprint density at radius 1 is 0.585 bits per heavy atom. The minimum atomic E-state index is 0.922. The maximum Gasteiger partial charge on any atom is 0.141 e. The average Bonchev–Trinajstić information content (AvgIpc) is 3.55. The maximum absolute atomic E-state index is 5.11. The van der Waals surface area contributed by atoms with Crippen LogP contribution in [0.25, 0.3) is 72.3 Å². The lowest BCUT2D eigenvalue weighted by Gasteiger charge is -2.14. The lowest BCUT2D eigenvalue weighted by atomic mass is 9.97. The zero-order valence-corrected chi connectivity index (χ0v) is 22.4. The number of imidazole rings is 1. The number of hydrogen-bond donors (Lipinski definition) is 0. The fourth-order valence-electron chi connectivity index (χ4n) is 5.96. The molecule has 0 aliphatic rings. The number of benzene rings is 4. The Kier molecular flexibility index (Phi) is 5.28. The van der Waals surface area contributed by atoms with Gasteiger partial charge in [-0.15, -0.1) is 0 Å². The SMILES string of the molecule is Cn1c(-c2cc3c(cc2-c2cccnc2)c2ccccc2n3-c2cccc(-c3ccccn3)c2)nc2ccccc21. The third-order valence-corrected chi connectivity index (χ3v) is 7.88. The molecule has 0 aliphatic heterocycles. The van der Waals surface area contributed by atoms with Crippen LogP contribution < -0.4 is 0 Å². The lowest BCUT2D eigenvalue weighted by molar-refractivity contribution is 0.960. The molecule has 0 saturated carbocycles. The average molecular weight is 528 g/mol. The largest absolute Gasteiger partial charge is 0.327 e. The Balaban J connectivity index is 1.47. The van der Waals surface area contributed by atoms with Gasteiger partial charge in [0.25, 0.3) is 0 Å². The number of para-hydroxylation sites is 3. The standard InChI is InChI=1S/C36H25N5/c1-40-34-17-5-3-15-32(34)39-36(40)30-22-35-29(21-28(30)25-11-9-18-37-23-25)27-13-2-4-16-33(27)41(35)26-12-8-10-24(20-26)31-14-6-7-19-38-31/h2-23H,1H3. The highest BCUT2D eigenvalue weighted by Crippen LogP contribution is 2.41. The Morgan fingerprint density at radius 2 is 1.41 bits per heavy atom. The predicted octanol–water partition coefficient (Wildman–Crippen LogP) is 8.46. The molecular weight excluding hydrogens is 502 g/mol. The summed E-state index contributed by atoms with van der Waals surface area (Å²) in [5.74, 6) is 0.922. The predicted molar refractivity (Wildman–Crippen MR) is 167 cm³/mol. The van der Waals surface area contributed by atoms with Gasteiger partial charge < -0.3 is 9.13 Å². The molecule has 0 unspecified atom stereocenters. The minimum Gasteiger partial charge on any atom is -0.327 e. The minimum absolute atomic E-state index is 0.922. The van der Waals surface area contributed by atoms with E-state index in [1.165, 1.54) is 10.8 Å². The molecule has 4 aromatic carbocycles. The van der Waals surface area contributed by atoms with Crippen LogP contribution >= 0.6 is 0 Å². The second kappa shape index (κ2) is 9.28. The maximum atomic E-state index is 5.11. The number of hydrogen-bond acceptors (Lipinski definition) is 3. The molecule has 8 rings (SSSR count). The van der Waals surface area contributed by atoms with E-state index in [1.54, 1.807) is 0 Å². The second-order valence-corrected chi connectivity index (χ2v) is 10.3. The van der Waals surface area contributed by atoms with E-state index in [-0.39, 0.29) is 0 Å². The van der Waals surface area contributed by atoms with Crippen LogP contribution in [0.2, 0.25) is 0 Å². The summed E-state index contributed by atoms with van der Waals surface area (Å²) in [5.41, 5.74) is 10.7. The highest BCUT2D eigenvalue weighted by Gasteiger charge is 2.20. The molecule has 8 aromatic rings. The van der Waals surface area contributed by atoms with Crippen molar-refractivity contribution in [3.8, 4) is 39.5 Å². The number of pyridine rings is 2. The molecule has 0 spiro atoms. The van der Waals surface area contributed by atoms with E-state index in [0.717, 1.165) is 61.5 Å². The molecule has 0 fully saturated rings. The molecule has 0 radical (unpaired) electrons. The van der Waals surface area contributed by atoms with Crippen LogP contribution in [0.1, 0.15) is 0 Å². The van der Waals surface area contributed by atoms with Crippen LogP contribution in [0.4, 0.5) is 0 Å². The molecule has 4 aromatic heterocycles. The first kappa shape index (κ1) is 23.3. The van der Waals surface area contributed by atoms with Gasteiger partial charge in [-0.3, -0.25) is 9.97 Å². The second-order valence-electron chi connectivity index (χ2n) is 10.3. The molecule has 5 heteroatoms. The van der Waals surface area contributed by atoms with E-state index in [9.17, 15) is 0 Å². The molecular formula is C36H25N5. The summed E-state index contributed by atoms with van der Waals surface area (Å²) in [4.78, 5) is 14.2. The number of aryl methyl sites for hydroxylation is 1. The van der Waals surface area contributed by atoms with Gasteiger partial charge in [0.05, 0.1) is 27.8 Å². The van der Waals surface area contributed by atoms with Crippen molar-refractivity contribution in [1.82, 2.24) is 24.1 Å². The van der Waals surface area contributed by atoms with Gasteiger partial charge in [-0.1, -0.05) is 54.6 Å². The van der Waals surface area contributed by atoms with E-state index in [4.69, 9.17) is 4.98 Å². The Bertz CT molecular complexity index is 2210. The zero-order valence-electron chi connectivity index (χ0n) is 22.4. The smallest absolute Gasteiger partial charge is 0.141 e. The van der Waals surface area contributed by atoms with Crippen molar-refractivity contribution in [3.05, 3.63) is 134 Å². The summed E-state index contributed by atoms with van der Waals surface area (Å²) in [6.45, 7) is 0. The molecule has 194 valence electrons. The van der Waals surface area contributed by atoms with Crippen molar-refractivity contribution in [3.63, 3.8) is 0 Å². The van der Waals surface area contributed by atoms with Crippen molar-refractivity contribution in [1.29, 1.82) is 0 Å². The first-order valence-electron chi connectivity index (χ1n) is 13.7. The third-order valence-electron chi connectivity index (χ3n) is 7.88. The van der Waals surface area contributed by atoms with Crippen LogP contribution in [0.5, 0.6) is 0 Å². The van der Waals surface area contributed by atoms with Gasteiger partial charge in [0.2, 0.25) is 0 Å². The molecule has 41 heavy (non-hydrogen) atoms. The van der Waals surface area contributed by atoms with E-state index >= 15 is 0 Å². The summed E-state index contributed by atoms with van der Waals surface area (Å²) in [5, 5.41) is 2.39. The van der Waals surface area contributed by atoms with Gasteiger partial charge in [-0.25, -0.2) is 4.98 Å². The van der Waals surface area contributed by atoms with Gasteiger partial charge >= 0.3 is 0 Å². The quantitative estimate of drug-likeness (QED) is 0.231. The van der Waals surface area contributed by atoms with Crippen molar-refractivity contribution in [2.24, 2.45) is 7.05 Å². The van der Waals surface area contributed by atoms with Crippen LogP contribution in [0.3, 0.4) is 0 Å². The first-order chi connectivity index (χ1) is 20.3. The summed E-state index contributed by atoms with van der Waals surface area (Å²) in [6.07, 6.45) is 5.59. The summed E-state index contributed by atoms with van der Waals surface area (Å²) in [6, 6.07) is 40.3. The van der Waals surface area contributed by atoms with E-state index in [1.807, 2.05) is 42.9 Å². The van der Waals surface area contributed by atoms with Gasteiger partial charge in [0.15, 0.2) is 0 Å². The van der Waals surface area contributed by atoms with Crippen molar-refractivity contribution in [2.75, 3.05) is 0 Å². The third kappa shape index (κ3) is 3.74. The molecule has 0 N–H and O–H groups in total. The highest BCUT2D eigenvalue weighted by molar-refractivity contribution is 6.12. The molecule has 5 nitrogen and oxygen atoms in total. The Hall–Kier alpha value is -5.55. The number of fused-ring (bicyclic) bond motifs is 4. The lowest BCUT2D eigenvalue weighted by Crippen LogP contribution is -1.98. The number of aromatic nitrogens is 5. The fourth-order valence-corrected chi connectivity index (χ4v) is 5.96. The molecule has 0 saturated heterocycles. The summed E-state index contributed by atoms with van der Waals surface area (Å²) < 4.78 is 4.54. The van der Waals surface area contributed by atoms with E-state index in [0.29, 0.717) is 0 Å². The van der Waals surface area contributed by atoms with Crippen molar-refractivity contribution >= 4 is 32.8 Å². The molecule has 0 atom stereocenters.